The summed E-state index contributed by atoms with van der Waals surface area (Å²) in [4.78, 5) is 23.0. The highest BCUT2D eigenvalue weighted by atomic mass is 16.5. The van der Waals surface area contributed by atoms with Gasteiger partial charge in [0.15, 0.2) is 6.61 Å². The molecule has 2 aromatic carbocycles. The Morgan fingerprint density at radius 3 is 2.35 bits per heavy atom. The zero-order chi connectivity index (χ0) is 16.8. The number of carbonyl (C=O) groups excluding carboxylic acids is 1. The fourth-order valence-corrected chi connectivity index (χ4v) is 2.06. The zero-order valence-electron chi connectivity index (χ0n) is 13.1. The van der Waals surface area contributed by atoms with E-state index in [9.17, 15) is 9.59 Å². The number of amides is 1. The first-order valence-electron chi connectivity index (χ1n) is 7.32. The topological polar surface area (TPSA) is 75.6 Å². The minimum Gasteiger partial charge on any atom is -0.484 e. The maximum Gasteiger partial charge on any atom is 0.337 e. The monoisotopic (exact) mass is 313 g/mol. The molecular weight excluding hydrogens is 294 g/mol. The number of rotatable bonds is 6. The van der Waals surface area contributed by atoms with Crippen molar-refractivity contribution in [2.45, 2.75) is 19.8 Å². The van der Waals surface area contributed by atoms with E-state index in [2.05, 4.69) is 19.2 Å². The molecule has 0 aromatic heterocycles. The van der Waals surface area contributed by atoms with Crippen LogP contribution in [0, 0.1) is 0 Å². The van der Waals surface area contributed by atoms with Crippen LogP contribution in [0.4, 0.5) is 5.69 Å². The van der Waals surface area contributed by atoms with E-state index in [0.29, 0.717) is 11.7 Å². The number of aromatic carboxylic acids is 1. The van der Waals surface area contributed by atoms with E-state index in [0.717, 1.165) is 0 Å². The highest BCUT2D eigenvalue weighted by molar-refractivity contribution is 6.00. The van der Waals surface area contributed by atoms with Gasteiger partial charge >= 0.3 is 5.97 Å². The second-order valence-electron chi connectivity index (χ2n) is 5.41. The Balaban J connectivity index is 1.94. The fraction of sp³-hybridized carbons (Fsp3) is 0.222. The van der Waals surface area contributed by atoms with Gasteiger partial charge in [0.1, 0.15) is 5.75 Å². The van der Waals surface area contributed by atoms with Crippen molar-refractivity contribution in [1.29, 1.82) is 0 Å². The minimum absolute atomic E-state index is 0.0436. The number of carbonyl (C=O) groups is 2. The third kappa shape index (κ3) is 4.57. The second kappa shape index (κ2) is 7.45. The maximum absolute atomic E-state index is 11.9. The number of ether oxygens (including phenoxy) is 1. The molecule has 2 aromatic rings. The van der Waals surface area contributed by atoms with Crippen molar-refractivity contribution in [3.8, 4) is 5.75 Å². The summed E-state index contributed by atoms with van der Waals surface area (Å²) in [5.41, 5.74) is 1.49. The number of carboxylic acids is 1. The molecule has 0 unspecified atom stereocenters. The summed E-state index contributed by atoms with van der Waals surface area (Å²) in [6.07, 6.45) is 0. The molecule has 0 radical (unpaired) electrons. The predicted molar refractivity (Wildman–Crippen MR) is 88.1 cm³/mol. The van der Waals surface area contributed by atoms with Crippen molar-refractivity contribution in [2.24, 2.45) is 0 Å². The average molecular weight is 313 g/mol. The Morgan fingerprint density at radius 2 is 1.74 bits per heavy atom. The van der Waals surface area contributed by atoms with Gasteiger partial charge in [0.25, 0.3) is 5.91 Å². The van der Waals surface area contributed by atoms with Crippen LogP contribution in [0.15, 0.2) is 48.5 Å². The molecule has 0 atom stereocenters. The molecule has 0 fully saturated rings. The maximum atomic E-state index is 11.9. The molecule has 0 saturated carbocycles. The van der Waals surface area contributed by atoms with Crippen LogP contribution in [0.2, 0.25) is 0 Å². The van der Waals surface area contributed by atoms with E-state index in [1.165, 1.54) is 11.6 Å². The van der Waals surface area contributed by atoms with Crippen LogP contribution in [0.3, 0.4) is 0 Å². The number of carboxylic acid groups (broad SMARTS) is 1. The standard InChI is InChI=1S/C18H19NO4/c1-12(2)13-7-9-14(10-8-13)23-11-17(20)19-16-6-4-3-5-15(16)18(21)22/h3-10,12H,11H2,1-2H3,(H,19,20)(H,21,22). The Bertz CT molecular complexity index is 692. The normalized spacial score (nSPS) is 10.4. The van der Waals surface area contributed by atoms with Gasteiger partial charge < -0.3 is 15.2 Å². The Kier molecular flexibility index (Phi) is 5.36. The number of benzene rings is 2. The zero-order valence-corrected chi connectivity index (χ0v) is 13.1. The van der Waals surface area contributed by atoms with Crippen LogP contribution in [-0.2, 0) is 4.79 Å². The van der Waals surface area contributed by atoms with Crippen LogP contribution in [0.5, 0.6) is 5.75 Å². The molecular formula is C18H19NO4. The highest BCUT2D eigenvalue weighted by Crippen LogP contribution is 2.19. The molecule has 2 N–H and O–H groups in total. The van der Waals surface area contributed by atoms with E-state index in [1.807, 2.05) is 24.3 Å². The van der Waals surface area contributed by atoms with Gasteiger partial charge in [-0.15, -0.1) is 0 Å². The van der Waals surface area contributed by atoms with E-state index >= 15 is 0 Å². The molecule has 0 heterocycles. The summed E-state index contributed by atoms with van der Waals surface area (Å²) in [5.74, 6) is -0.478. The fourth-order valence-electron chi connectivity index (χ4n) is 2.06. The summed E-state index contributed by atoms with van der Waals surface area (Å²) in [7, 11) is 0. The third-order valence-electron chi connectivity index (χ3n) is 3.35. The van der Waals surface area contributed by atoms with Gasteiger partial charge in [-0.25, -0.2) is 4.79 Å². The van der Waals surface area contributed by atoms with E-state index in [-0.39, 0.29) is 17.9 Å². The van der Waals surface area contributed by atoms with Gasteiger partial charge in [-0.2, -0.15) is 0 Å². The van der Waals surface area contributed by atoms with Crippen LogP contribution in [0.1, 0.15) is 35.7 Å². The van der Waals surface area contributed by atoms with Crippen molar-refractivity contribution >= 4 is 17.6 Å². The van der Waals surface area contributed by atoms with Crippen molar-refractivity contribution in [3.05, 3.63) is 59.7 Å². The highest BCUT2D eigenvalue weighted by Gasteiger charge is 2.12. The Hall–Kier alpha value is -2.82. The largest absolute Gasteiger partial charge is 0.484 e. The second-order valence-corrected chi connectivity index (χ2v) is 5.41. The number of hydrogen-bond donors (Lipinski definition) is 2. The smallest absolute Gasteiger partial charge is 0.337 e. The lowest BCUT2D eigenvalue weighted by atomic mass is 10.0. The van der Waals surface area contributed by atoms with Crippen LogP contribution >= 0.6 is 0 Å². The van der Waals surface area contributed by atoms with Gasteiger partial charge in [0, 0.05) is 0 Å². The quantitative estimate of drug-likeness (QED) is 0.855. The third-order valence-corrected chi connectivity index (χ3v) is 3.35. The summed E-state index contributed by atoms with van der Waals surface area (Å²) in [5, 5.41) is 11.6. The molecule has 5 heteroatoms. The Morgan fingerprint density at radius 1 is 1.09 bits per heavy atom. The van der Waals surface area contributed by atoms with E-state index in [4.69, 9.17) is 9.84 Å². The van der Waals surface area contributed by atoms with Crippen LogP contribution < -0.4 is 10.1 Å². The summed E-state index contributed by atoms with van der Waals surface area (Å²) in [6, 6.07) is 13.8. The van der Waals surface area contributed by atoms with Crippen molar-refractivity contribution in [1.82, 2.24) is 0 Å². The van der Waals surface area contributed by atoms with E-state index in [1.54, 1.807) is 18.2 Å². The Labute approximate surface area is 134 Å². The lowest BCUT2D eigenvalue weighted by molar-refractivity contribution is -0.118. The number of hydrogen-bond acceptors (Lipinski definition) is 3. The molecule has 0 spiro atoms. The number of para-hydroxylation sites is 1. The van der Waals surface area contributed by atoms with Gasteiger partial charge in [0.05, 0.1) is 11.3 Å². The lowest BCUT2D eigenvalue weighted by Crippen LogP contribution is -2.21. The van der Waals surface area contributed by atoms with Crippen LogP contribution in [0.25, 0.3) is 0 Å². The van der Waals surface area contributed by atoms with Gasteiger partial charge in [0.2, 0.25) is 0 Å². The number of nitrogens with one attached hydrogen (secondary N) is 1. The first-order chi connectivity index (χ1) is 11.0. The molecule has 120 valence electrons. The molecule has 23 heavy (non-hydrogen) atoms. The van der Waals surface area contributed by atoms with Gasteiger partial charge in [-0.1, -0.05) is 38.1 Å². The first-order valence-corrected chi connectivity index (χ1v) is 7.32. The SMILES string of the molecule is CC(C)c1ccc(OCC(=O)Nc2ccccc2C(=O)O)cc1. The summed E-state index contributed by atoms with van der Waals surface area (Å²) in [6.45, 7) is 4.02. The molecule has 0 saturated heterocycles. The van der Waals surface area contributed by atoms with Crippen molar-refractivity contribution in [2.75, 3.05) is 11.9 Å². The molecule has 0 bridgehead atoms. The van der Waals surface area contributed by atoms with Crippen molar-refractivity contribution in [3.63, 3.8) is 0 Å². The molecule has 0 aliphatic heterocycles. The van der Waals surface area contributed by atoms with Gasteiger partial charge in [-0.3, -0.25) is 4.79 Å². The lowest BCUT2D eigenvalue weighted by Gasteiger charge is -2.10. The molecule has 2 rings (SSSR count). The number of anilines is 1. The first kappa shape index (κ1) is 16.5. The minimum atomic E-state index is -1.09. The molecule has 1 amide bonds. The molecule has 0 aliphatic carbocycles. The average Bonchev–Trinajstić information content (AvgIpc) is 2.53. The molecule has 0 aliphatic rings. The van der Waals surface area contributed by atoms with E-state index < -0.39 is 11.9 Å². The predicted octanol–water partition coefficient (Wildman–Crippen LogP) is 3.53. The van der Waals surface area contributed by atoms with Crippen LogP contribution in [-0.4, -0.2) is 23.6 Å². The van der Waals surface area contributed by atoms with Gasteiger partial charge in [-0.05, 0) is 35.7 Å². The summed E-state index contributed by atoms with van der Waals surface area (Å²) < 4.78 is 5.42. The van der Waals surface area contributed by atoms with Crippen molar-refractivity contribution < 1.29 is 19.4 Å². The summed E-state index contributed by atoms with van der Waals surface area (Å²) >= 11 is 0. The molecule has 5 nitrogen and oxygen atoms in total.